The van der Waals surface area contributed by atoms with Gasteiger partial charge in [0.25, 0.3) is 0 Å². The molecule has 0 unspecified atom stereocenters. The highest BCUT2D eigenvalue weighted by atomic mass is 16.5. The molecular formula is C51H80N4O9. The number of rotatable bonds is 26. The van der Waals surface area contributed by atoms with E-state index in [1.54, 1.807) is 30.9 Å². The zero-order valence-corrected chi connectivity index (χ0v) is 41.3. The SMILES string of the molecule is CC[C@H](C)[C@@H]([C@@H](CC(=O)N1CCC[C@H]1[C@H](OC)[C@@H](C)C(=O)N[C@@H](Cc1ccccc1)C(=O)OC)OC)N(C)C(=O)[C@@H](CC(=O)[C@H](C(C)C)N(C)Cc1ccc(OC(C)C)cc1)C(C)C. The monoisotopic (exact) mass is 893 g/mol. The van der Waals surface area contributed by atoms with Crippen LogP contribution in [0.4, 0.5) is 0 Å². The standard InChI is InChI=1S/C51H80N4O9/c1-15-35(8)47(54(11)50(59)40(32(2)3)29-43(56)46(33(4)5)53(10)31-38-23-25-39(26-24-38)64-34(6)7)44(61-12)30-45(57)55-27-19-22-42(55)48(62-13)36(9)49(58)52-41(51(60)63-14)28-37-20-17-16-18-21-37/h16-18,20-21,23-26,32-36,40-42,44,46-48H,15,19,22,27-31H2,1-14H3,(H,52,58)/t35-,36+,40-,41-,42-,44+,46-,47-,48+/m0/s1. The Labute approximate surface area is 384 Å². The van der Waals surface area contributed by atoms with Gasteiger partial charge in [-0.1, -0.05) is 97.4 Å². The topological polar surface area (TPSA) is 144 Å². The van der Waals surface area contributed by atoms with Crippen LogP contribution in [0.5, 0.6) is 5.75 Å². The lowest BCUT2D eigenvalue weighted by Crippen LogP contribution is -2.55. The third-order valence-corrected chi connectivity index (χ3v) is 13.0. The number of benzene rings is 2. The first kappa shape index (κ1) is 54.0. The molecule has 0 aromatic heterocycles. The van der Waals surface area contributed by atoms with Gasteiger partial charge in [-0.3, -0.25) is 24.1 Å². The van der Waals surface area contributed by atoms with Gasteiger partial charge in [0.1, 0.15) is 11.8 Å². The van der Waals surface area contributed by atoms with E-state index >= 15 is 0 Å². The molecule has 13 heteroatoms. The molecule has 0 aliphatic carbocycles. The fourth-order valence-electron chi connectivity index (χ4n) is 9.46. The number of likely N-dealkylation sites (N-methyl/N-ethyl adjacent to an activating group) is 2. The summed E-state index contributed by atoms with van der Waals surface area (Å²) < 4.78 is 22.9. The predicted octanol–water partition coefficient (Wildman–Crippen LogP) is 6.98. The molecule has 2 aromatic rings. The Morgan fingerprint density at radius 2 is 1.45 bits per heavy atom. The van der Waals surface area contributed by atoms with Gasteiger partial charge in [-0.05, 0) is 74.8 Å². The van der Waals surface area contributed by atoms with Crippen molar-refractivity contribution in [2.75, 3.05) is 42.0 Å². The third kappa shape index (κ3) is 14.9. The smallest absolute Gasteiger partial charge is 0.328 e. The van der Waals surface area contributed by atoms with E-state index in [1.807, 2.05) is 103 Å². The van der Waals surface area contributed by atoms with E-state index in [9.17, 15) is 24.0 Å². The molecule has 1 aliphatic rings. The first-order valence-electron chi connectivity index (χ1n) is 23.3. The Balaban J connectivity index is 1.78. The molecule has 1 fully saturated rings. The predicted molar refractivity (Wildman–Crippen MR) is 250 cm³/mol. The molecule has 1 N–H and O–H groups in total. The fourth-order valence-corrected chi connectivity index (χ4v) is 9.46. The highest BCUT2D eigenvalue weighted by Gasteiger charge is 2.43. The molecule has 0 radical (unpaired) electrons. The molecular weight excluding hydrogens is 813 g/mol. The number of amides is 3. The van der Waals surface area contributed by atoms with Crippen molar-refractivity contribution < 1.29 is 42.9 Å². The van der Waals surface area contributed by atoms with Gasteiger partial charge in [-0.15, -0.1) is 0 Å². The van der Waals surface area contributed by atoms with Crippen LogP contribution < -0.4 is 10.1 Å². The van der Waals surface area contributed by atoms with E-state index in [1.165, 1.54) is 14.2 Å². The van der Waals surface area contributed by atoms with Crippen LogP contribution in [0.25, 0.3) is 0 Å². The largest absolute Gasteiger partial charge is 0.491 e. The van der Waals surface area contributed by atoms with E-state index < -0.39 is 54.2 Å². The van der Waals surface area contributed by atoms with Crippen molar-refractivity contribution in [3.05, 3.63) is 65.7 Å². The summed E-state index contributed by atoms with van der Waals surface area (Å²) in [5.41, 5.74) is 1.94. The number of carbonyl (C=O) groups is 5. The molecule has 1 aliphatic heterocycles. The Morgan fingerprint density at radius 3 is 1.98 bits per heavy atom. The van der Waals surface area contributed by atoms with Crippen LogP contribution in [-0.4, -0.2) is 129 Å². The molecule has 3 rings (SSSR count). The number of ether oxygens (including phenoxy) is 4. The summed E-state index contributed by atoms with van der Waals surface area (Å²) in [4.78, 5) is 75.5. The number of nitrogens with one attached hydrogen (secondary N) is 1. The maximum absolute atomic E-state index is 14.7. The Hall–Kier alpha value is -4.33. The Kier molecular flexibility index (Phi) is 21.9. The highest BCUT2D eigenvalue weighted by Crippen LogP contribution is 2.31. The van der Waals surface area contributed by atoms with Gasteiger partial charge in [-0.25, -0.2) is 4.79 Å². The summed E-state index contributed by atoms with van der Waals surface area (Å²) in [6, 6.07) is 15.2. The average Bonchev–Trinajstić information content (AvgIpc) is 3.75. The zero-order chi connectivity index (χ0) is 47.8. The molecule has 1 saturated heterocycles. The second kappa shape index (κ2) is 26.0. The molecule has 13 nitrogen and oxygen atoms in total. The minimum Gasteiger partial charge on any atom is -0.491 e. The van der Waals surface area contributed by atoms with Crippen LogP contribution in [0.1, 0.15) is 106 Å². The van der Waals surface area contributed by atoms with Gasteiger partial charge < -0.3 is 34.1 Å². The molecule has 9 atom stereocenters. The van der Waals surface area contributed by atoms with Gasteiger partial charge in [0.2, 0.25) is 17.7 Å². The van der Waals surface area contributed by atoms with E-state index in [4.69, 9.17) is 18.9 Å². The van der Waals surface area contributed by atoms with Crippen molar-refractivity contribution in [3.8, 4) is 5.75 Å². The number of hydrogen-bond donors (Lipinski definition) is 1. The third-order valence-electron chi connectivity index (χ3n) is 13.0. The summed E-state index contributed by atoms with van der Waals surface area (Å²) in [5.74, 6) is -1.85. The minimum absolute atomic E-state index is 0.00813. The first-order chi connectivity index (χ1) is 30.3. The molecule has 0 saturated carbocycles. The summed E-state index contributed by atoms with van der Waals surface area (Å²) in [7, 11) is 8.13. The van der Waals surface area contributed by atoms with Crippen molar-refractivity contribution in [1.29, 1.82) is 0 Å². The maximum atomic E-state index is 14.7. The Morgan fingerprint density at radius 1 is 0.812 bits per heavy atom. The number of likely N-dealkylation sites (tertiary alicyclic amines) is 1. The number of hydrogen-bond acceptors (Lipinski definition) is 10. The van der Waals surface area contributed by atoms with Crippen molar-refractivity contribution in [2.24, 2.45) is 29.6 Å². The van der Waals surface area contributed by atoms with Gasteiger partial charge >= 0.3 is 5.97 Å². The maximum Gasteiger partial charge on any atom is 0.328 e. The molecule has 0 bridgehead atoms. The normalized spacial score (nSPS) is 18.0. The van der Waals surface area contributed by atoms with Crippen LogP contribution in [0.15, 0.2) is 54.6 Å². The summed E-state index contributed by atoms with van der Waals surface area (Å²) >= 11 is 0. The lowest BCUT2D eigenvalue weighted by molar-refractivity contribution is -0.150. The lowest BCUT2D eigenvalue weighted by Gasteiger charge is -2.41. The lowest BCUT2D eigenvalue weighted by atomic mass is 9.83. The van der Waals surface area contributed by atoms with Crippen LogP contribution in [0.2, 0.25) is 0 Å². The molecule has 64 heavy (non-hydrogen) atoms. The number of ketones is 1. The van der Waals surface area contributed by atoms with E-state index in [-0.39, 0.29) is 66.6 Å². The number of nitrogens with zero attached hydrogens (tertiary/aromatic N) is 3. The average molecular weight is 893 g/mol. The van der Waals surface area contributed by atoms with Crippen LogP contribution >= 0.6 is 0 Å². The quantitative estimate of drug-likeness (QED) is 0.0983. The van der Waals surface area contributed by atoms with Crippen molar-refractivity contribution >= 4 is 29.5 Å². The summed E-state index contributed by atoms with van der Waals surface area (Å²) in [6.07, 6.45) is 1.23. The number of methoxy groups -OCH3 is 3. The van der Waals surface area contributed by atoms with Gasteiger partial charge in [0.15, 0.2) is 5.78 Å². The van der Waals surface area contributed by atoms with Crippen molar-refractivity contribution in [2.45, 2.75) is 150 Å². The van der Waals surface area contributed by atoms with E-state index in [0.29, 0.717) is 19.5 Å². The molecule has 3 amide bonds. The number of carbonyl (C=O) groups excluding carboxylic acids is 5. The molecule has 1 heterocycles. The number of esters is 1. The van der Waals surface area contributed by atoms with E-state index in [0.717, 1.165) is 29.7 Å². The van der Waals surface area contributed by atoms with E-state index in [2.05, 4.69) is 24.1 Å². The molecule has 358 valence electrons. The second-order valence-electron chi connectivity index (χ2n) is 18.8. The Bertz CT molecular complexity index is 1770. The van der Waals surface area contributed by atoms with Crippen LogP contribution in [0, 0.1) is 29.6 Å². The number of Topliss-reactive ketones (excluding diaryl/α,β-unsaturated/α-hetero) is 1. The molecule has 0 spiro atoms. The van der Waals surface area contributed by atoms with Crippen molar-refractivity contribution in [1.82, 2.24) is 20.0 Å². The van der Waals surface area contributed by atoms with Gasteiger partial charge in [-0.2, -0.15) is 0 Å². The zero-order valence-electron chi connectivity index (χ0n) is 41.3. The first-order valence-corrected chi connectivity index (χ1v) is 23.3. The van der Waals surface area contributed by atoms with Crippen molar-refractivity contribution in [3.63, 3.8) is 0 Å². The summed E-state index contributed by atoms with van der Waals surface area (Å²) in [6.45, 7) is 18.9. The fraction of sp³-hybridized carbons (Fsp3) is 0.667. The minimum atomic E-state index is -0.897. The molecule has 2 aromatic carbocycles. The van der Waals surface area contributed by atoms with Crippen LogP contribution in [0.3, 0.4) is 0 Å². The van der Waals surface area contributed by atoms with Gasteiger partial charge in [0.05, 0.1) is 55.9 Å². The van der Waals surface area contributed by atoms with Gasteiger partial charge in [0, 0.05) is 53.1 Å². The van der Waals surface area contributed by atoms with Crippen LogP contribution in [-0.2, 0) is 51.1 Å². The highest BCUT2D eigenvalue weighted by molar-refractivity contribution is 5.90. The second-order valence-corrected chi connectivity index (χ2v) is 18.8. The summed E-state index contributed by atoms with van der Waals surface area (Å²) in [5, 5.41) is 2.88.